The zero-order chi connectivity index (χ0) is 26.0. The number of halogens is 7. The first-order chi connectivity index (χ1) is 16.1. The molecule has 11 heteroatoms. The fourth-order valence-electron chi connectivity index (χ4n) is 4.76. The molecule has 0 bridgehead atoms. The Kier molecular flexibility index (Phi) is 5.92. The fourth-order valence-corrected chi connectivity index (χ4v) is 4.88. The van der Waals surface area contributed by atoms with E-state index in [0.717, 1.165) is 0 Å². The Balaban J connectivity index is 1.72. The Morgan fingerprint density at radius 1 is 0.971 bits per heavy atom. The molecule has 2 aromatic carbocycles. The van der Waals surface area contributed by atoms with Gasteiger partial charge in [0, 0.05) is 10.6 Å². The maximum Gasteiger partial charge on any atom is 0.456 e. The zero-order valence-electron chi connectivity index (χ0n) is 18.2. The van der Waals surface area contributed by atoms with Gasteiger partial charge in [0.25, 0.3) is 5.91 Å². The van der Waals surface area contributed by atoms with E-state index < -0.39 is 66.4 Å². The third kappa shape index (κ3) is 3.96. The van der Waals surface area contributed by atoms with Gasteiger partial charge in [-0.3, -0.25) is 4.79 Å². The van der Waals surface area contributed by atoms with Crippen LogP contribution in [0.5, 0.6) is 0 Å². The van der Waals surface area contributed by atoms with E-state index in [9.17, 15) is 41.4 Å². The molecule has 35 heavy (non-hydrogen) atoms. The molecule has 1 amide bonds. The number of hydrogen-bond acceptors (Lipinski definition) is 3. The number of nitrogens with one attached hydrogen (secondary N) is 1. The monoisotopic (exact) mass is 519 g/mol. The zero-order valence-corrected chi connectivity index (χ0v) is 19.0. The number of aryl methyl sites for hydroxylation is 1. The normalized spacial score (nSPS) is 25.3. The minimum Gasteiger partial charge on any atom is -0.509 e. The molecule has 2 aliphatic rings. The highest BCUT2D eigenvalue weighted by molar-refractivity contribution is 6.30. The molecule has 0 unspecified atom stereocenters. The van der Waals surface area contributed by atoms with E-state index >= 15 is 0 Å². The molecule has 0 radical (unpaired) electrons. The molecule has 0 saturated heterocycles. The largest absolute Gasteiger partial charge is 0.509 e. The van der Waals surface area contributed by atoms with Crippen molar-refractivity contribution < 1.29 is 41.4 Å². The molecule has 1 spiro atoms. The van der Waals surface area contributed by atoms with Crippen molar-refractivity contribution in [3.63, 3.8) is 0 Å². The molecule has 0 aromatic heterocycles. The average molecular weight is 520 g/mol. The molecule has 1 fully saturated rings. The Bertz CT molecular complexity index is 1220. The highest BCUT2D eigenvalue weighted by atomic mass is 35.5. The summed E-state index contributed by atoms with van der Waals surface area (Å²) < 4.78 is 81.2. The number of carbonyl (C=O) groups excluding carboxylic acids is 1. The number of benzene rings is 2. The van der Waals surface area contributed by atoms with Gasteiger partial charge in [-0.05, 0) is 73.6 Å². The molecule has 188 valence electrons. The number of aliphatic hydroxyl groups is 2. The van der Waals surface area contributed by atoms with Gasteiger partial charge in [-0.2, -0.15) is 22.0 Å². The quantitative estimate of drug-likeness (QED) is 0.430. The molecular formula is C24H20ClF6NO3. The van der Waals surface area contributed by atoms with Crippen LogP contribution in [0.3, 0.4) is 0 Å². The Labute approximate surface area is 201 Å². The van der Waals surface area contributed by atoms with E-state index in [1.807, 2.05) is 0 Å². The summed E-state index contributed by atoms with van der Waals surface area (Å²) in [6, 6.07) is 8.74. The summed E-state index contributed by atoms with van der Waals surface area (Å²) in [5, 5.41) is 24.1. The molecule has 4 rings (SSSR count). The van der Waals surface area contributed by atoms with Crippen molar-refractivity contribution in [2.45, 2.75) is 55.8 Å². The molecular weight excluding hydrogens is 500 g/mol. The summed E-state index contributed by atoms with van der Waals surface area (Å²) in [6.45, 7) is 1.51. The lowest BCUT2D eigenvalue weighted by Gasteiger charge is -2.45. The van der Waals surface area contributed by atoms with Crippen LogP contribution in [-0.2, 0) is 4.79 Å². The summed E-state index contributed by atoms with van der Waals surface area (Å²) in [5.41, 5.74) is -4.21. The number of amides is 1. The summed E-state index contributed by atoms with van der Waals surface area (Å²) in [6.07, 6.45) is -9.11. The van der Waals surface area contributed by atoms with Crippen molar-refractivity contribution in [2.75, 3.05) is 0 Å². The number of aliphatic hydroxyl groups excluding tert-OH is 1. The Morgan fingerprint density at radius 2 is 1.54 bits per heavy atom. The fraction of sp³-hybridized carbons (Fsp3) is 0.375. The van der Waals surface area contributed by atoms with Crippen LogP contribution in [0.15, 0.2) is 42.2 Å². The van der Waals surface area contributed by atoms with Crippen LogP contribution in [0, 0.1) is 12.7 Å². The summed E-state index contributed by atoms with van der Waals surface area (Å²) in [5.74, 6) is -7.30. The molecule has 3 N–H and O–H groups in total. The molecule has 0 atom stereocenters. The number of rotatable bonds is 3. The van der Waals surface area contributed by atoms with Gasteiger partial charge >= 0.3 is 12.1 Å². The van der Waals surface area contributed by atoms with Gasteiger partial charge in [0.15, 0.2) is 0 Å². The molecule has 2 aromatic rings. The third-order valence-electron chi connectivity index (χ3n) is 6.88. The maximum absolute atomic E-state index is 14.7. The summed E-state index contributed by atoms with van der Waals surface area (Å²) in [4.78, 5) is 12.9. The van der Waals surface area contributed by atoms with Gasteiger partial charge < -0.3 is 15.5 Å². The minimum atomic E-state index is -5.96. The van der Waals surface area contributed by atoms with Gasteiger partial charge in [0.2, 0.25) is 0 Å². The summed E-state index contributed by atoms with van der Waals surface area (Å²) in [7, 11) is 0. The van der Waals surface area contributed by atoms with Crippen molar-refractivity contribution in [3.05, 3.63) is 64.1 Å². The van der Waals surface area contributed by atoms with Crippen LogP contribution >= 0.6 is 11.6 Å². The van der Waals surface area contributed by atoms with E-state index in [4.69, 9.17) is 11.6 Å². The third-order valence-corrected chi connectivity index (χ3v) is 7.13. The Hall–Kier alpha value is -2.72. The topological polar surface area (TPSA) is 69.6 Å². The van der Waals surface area contributed by atoms with Crippen molar-refractivity contribution in [1.29, 1.82) is 0 Å². The smallest absolute Gasteiger partial charge is 0.456 e. The summed E-state index contributed by atoms with van der Waals surface area (Å²) >= 11 is 5.88. The first-order valence-corrected chi connectivity index (χ1v) is 11.0. The number of carbonyl (C=O) groups is 1. The van der Waals surface area contributed by atoms with Crippen molar-refractivity contribution in [1.82, 2.24) is 5.32 Å². The van der Waals surface area contributed by atoms with Crippen molar-refractivity contribution in [3.8, 4) is 11.1 Å². The molecule has 1 heterocycles. The maximum atomic E-state index is 14.7. The van der Waals surface area contributed by atoms with Crippen molar-refractivity contribution >= 4 is 23.1 Å². The van der Waals surface area contributed by atoms with Crippen LogP contribution in [0.4, 0.5) is 26.3 Å². The van der Waals surface area contributed by atoms with Gasteiger partial charge in [-0.25, -0.2) is 4.39 Å². The van der Waals surface area contributed by atoms with Gasteiger partial charge in [0.05, 0.1) is 11.1 Å². The number of hydrogen-bond donors (Lipinski definition) is 3. The van der Waals surface area contributed by atoms with E-state index in [-0.39, 0.29) is 16.7 Å². The number of alkyl halides is 5. The van der Waals surface area contributed by atoms with Gasteiger partial charge in [-0.15, -0.1) is 0 Å². The second kappa shape index (κ2) is 8.16. The minimum absolute atomic E-state index is 0.110. The standard InChI is InChI=1S/C24H20ClF6NO3/c1-12-10-17(26)16(13-2-4-14(25)5-3-13)11-15(12)18-19(33)21(32-20(18)34)6-8-22(35,9-7-21)23(27,28)24(29,30)31/h2-5,10-11,33,35H,6-9H2,1H3,(H,32,34)/t21-,22+. The SMILES string of the molecule is Cc1cc(F)c(-c2ccc(Cl)cc2)cc1C1=C(O)[C@]2(CC[C@@](O)(C(F)(F)C(F)(F)F)CC2)NC1=O. The van der Waals surface area contributed by atoms with Crippen LogP contribution < -0.4 is 5.32 Å². The van der Waals surface area contributed by atoms with E-state index in [1.54, 1.807) is 24.3 Å². The average Bonchev–Trinajstić information content (AvgIpc) is 3.00. The molecule has 4 nitrogen and oxygen atoms in total. The predicted molar refractivity (Wildman–Crippen MR) is 116 cm³/mol. The second-order valence-electron chi connectivity index (χ2n) is 9.02. The molecule has 1 aliphatic heterocycles. The Morgan fingerprint density at radius 3 is 2.09 bits per heavy atom. The van der Waals surface area contributed by atoms with E-state index in [1.165, 1.54) is 19.1 Å². The lowest BCUT2D eigenvalue weighted by molar-refractivity contribution is -0.347. The lowest BCUT2D eigenvalue weighted by Crippen LogP contribution is -2.62. The first kappa shape index (κ1) is 25.4. The van der Waals surface area contributed by atoms with Gasteiger partial charge in [-0.1, -0.05) is 23.7 Å². The van der Waals surface area contributed by atoms with Crippen LogP contribution in [0.25, 0.3) is 16.7 Å². The first-order valence-electron chi connectivity index (χ1n) is 10.6. The van der Waals surface area contributed by atoms with Crippen LogP contribution in [0.2, 0.25) is 5.02 Å². The lowest BCUT2D eigenvalue weighted by atomic mass is 9.70. The van der Waals surface area contributed by atoms with E-state index in [0.29, 0.717) is 16.1 Å². The van der Waals surface area contributed by atoms with Crippen LogP contribution in [-0.4, -0.2) is 39.4 Å². The predicted octanol–water partition coefficient (Wildman–Crippen LogP) is 6.09. The van der Waals surface area contributed by atoms with Gasteiger partial charge in [0.1, 0.15) is 17.2 Å². The van der Waals surface area contributed by atoms with Crippen molar-refractivity contribution in [2.24, 2.45) is 0 Å². The van der Waals surface area contributed by atoms with Crippen LogP contribution in [0.1, 0.15) is 36.8 Å². The highest BCUT2D eigenvalue weighted by Gasteiger charge is 2.71. The molecule has 1 aliphatic carbocycles. The second-order valence-corrected chi connectivity index (χ2v) is 9.45. The van der Waals surface area contributed by atoms with E-state index in [2.05, 4.69) is 5.32 Å². The molecule has 1 saturated carbocycles. The highest BCUT2D eigenvalue weighted by Crippen LogP contribution is 2.53.